The van der Waals surface area contributed by atoms with E-state index in [1.54, 1.807) is 5.38 Å². The van der Waals surface area contributed by atoms with E-state index in [1.807, 2.05) is 17.0 Å². The SMILES string of the molecule is CC(=O)Nc1nc(C(=O)N2CCC[C@@H]2c2ccccc2C)cs1. The van der Waals surface area contributed by atoms with Gasteiger partial charge in [0.25, 0.3) is 5.91 Å². The van der Waals surface area contributed by atoms with Crippen molar-refractivity contribution in [1.82, 2.24) is 9.88 Å². The molecule has 6 heteroatoms. The Morgan fingerprint density at radius 3 is 2.87 bits per heavy atom. The quantitative estimate of drug-likeness (QED) is 0.939. The number of thiazole rings is 1. The zero-order chi connectivity index (χ0) is 16.4. The molecular weight excluding hydrogens is 310 g/mol. The fourth-order valence-electron chi connectivity index (χ4n) is 3.02. The predicted octanol–water partition coefficient (Wildman–Crippen LogP) is 3.39. The van der Waals surface area contributed by atoms with E-state index in [9.17, 15) is 9.59 Å². The number of aromatic nitrogens is 1. The Labute approximate surface area is 139 Å². The van der Waals surface area contributed by atoms with Crippen LogP contribution in [0.5, 0.6) is 0 Å². The summed E-state index contributed by atoms with van der Waals surface area (Å²) in [6.45, 7) is 4.25. The van der Waals surface area contributed by atoms with E-state index >= 15 is 0 Å². The van der Waals surface area contributed by atoms with Gasteiger partial charge >= 0.3 is 0 Å². The third-order valence-electron chi connectivity index (χ3n) is 4.07. The summed E-state index contributed by atoms with van der Waals surface area (Å²) < 4.78 is 0. The number of anilines is 1. The summed E-state index contributed by atoms with van der Waals surface area (Å²) in [5.74, 6) is -0.249. The molecule has 1 fully saturated rings. The van der Waals surface area contributed by atoms with Crippen molar-refractivity contribution < 1.29 is 9.59 Å². The van der Waals surface area contributed by atoms with Crippen molar-refractivity contribution in [2.75, 3.05) is 11.9 Å². The molecule has 2 heterocycles. The summed E-state index contributed by atoms with van der Waals surface area (Å²) in [5.41, 5.74) is 2.81. The molecule has 0 unspecified atom stereocenters. The Balaban J connectivity index is 1.82. The largest absolute Gasteiger partial charge is 0.330 e. The van der Waals surface area contributed by atoms with Crippen molar-refractivity contribution in [2.45, 2.75) is 32.7 Å². The van der Waals surface area contributed by atoms with Crippen LogP contribution in [0, 0.1) is 6.92 Å². The molecule has 23 heavy (non-hydrogen) atoms. The Hall–Kier alpha value is -2.21. The van der Waals surface area contributed by atoms with Crippen molar-refractivity contribution in [3.05, 3.63) is 46.5 Å². The topological polar surface area (TPSA) is 62.3 Å². The molecule has 0 saturated carbocycles. The summed E-state index contributed by atoms with van der Waals surface area (Å²) in [4.78, 5) is 30.0. The highest BCUT2D eigenvalue weighted by atomic mass is 32.1. The molecule has 5 nitrogen and oxygen atoms in total. The third kappa shape index (κ3) is 3.27. The van der Waals surface area contributed by atoms with Crippen LogP contribution in [-0.4, -0.2) is 28.2 Å². The molecule has 1 aliphatic heterocycles. The number of carbonyl (C=O) groups is 2. The number of rotatable bonds is 3. The molecule has 2 amide bonds. The minimum absolute atomic E-state index is 0.0661. The number of likely N-dealkylation sites (tertiary alicyclic amines) is 1. The molecule has 2 aromatic rings. The highest BCUT2D eigenvalue weighted by molar-refractivity contribution is 7.14. The summed E-state index contributed by atoms with van der Waals surface area (Å²) in [6, 6.07) is 8.31. The fourth-order valence-corrected chi connectivity index (χ4v) is 3.75. The van der Waals surface area contributed by atoms with Crippen molar-refractivity contribution in [1.29, 1.82) is 0 Å². The Morgan fingerprint density at radius 1 is 1.35 bits per heavy atom. The molecule has 0 bridgehead atoms. The van der Waals surface area contributed by atoms with Gasteiger partial charge in [0.05, 0.1) is 6.04 Å². The average molecular weight is 329 g/mol. The molecule has 1 saturated heterocycles. The zero-order valence-corrected chi connectivity index (χ0v) is 14.0. The number of hydrogen-bond acceptors (Lipinski definition) is 4. The summed E-state index contributed by atoms with van der Waals surface area (Å²) in [7, 11) is 0. The molecule has 1 aliphatic rings. The van der Waals surface area contributed by atoms with Crippen molar-refractivity contribution >= 4 is 28.3 Å². The number of aryl methyl sites for hydroxylation is 1. The fraction of sp³-hybridized carbons (Fsp3) is 0.353. The highest BCUT2D eigenvalue weighted by Crippen LogP contribution is 2.35. The molecule has 3 rings (SSSR count). The molecule has 0 radical (unpaired) electrons. The van der Waals surface area contributed by atoms with Crippen LogP contribution in [-0.2, 0) is 4.79 Å². The second-order valence-electron chi connectivity index (χ2n) is 5.73. The van der Waals surface area contributed by atoms with Gasteiger partial charge < -0.3 is 10.2 Å². The first-order chi connectivity index (χ1) is 11.1. The third-order valence-corrected chi connectivity index (χ3v) is 4.83. The van der Waals surface area contributed by atoms with Crippen LogP contribution in [0.15, 0.2) is 29.6 Å². The van der Waals surface area contributed by atoms with Gasteiger partial charge in [-0.3, -0.25) is 9.59 Å². The molecule has 1 aromatic carbocycles. The maximum absolute atomic E-state index is 12.8. The Kier molecular flexibility index (Phi) is 4.43. The van der Waals surface area contributed by atoms with Crippen LogP contribution >= 0.6 is 11.3 Å². The molecule has 1 atom stereocenters. The number of carbonyl (C=O) groups excluding carboxylic acids is 2. The van der Waals surface area contributed by atoms with E-state index in [-0.39, 0.29) is 17.9 Å². The van der Waals surface area contributed by atoms with E-state index in [2.05, 4.69) is 29.4 Å². The monoisotopic (exact) mass is 329 g/mol. The second-order valence-corrected chi connectivity index (χ2v) is 6.59. The first kappa shape index (κ1) is 15.7. The predicted molar refractivity (Wildman–Crippen MR) is 90.6 cm³/mol. The number of benzene rings is 1. The first-order valence-electron chi connectivity index (χ1n) is 7.66. The van der Waals surface area contributed by atoms with Crippen LogP contribution in [0.25, 0.3) is 0 Å². The lowest BCUT2D eigenvalue weighted by molar-refractivity contribution is -0.114. The van der Waals surface area contributed by atoms with Crippen LogP contribution in [0.2, 0.25) is 0 Å². The van der Waals surface area contributed by atoms with Crippen molar-refractivity contribution in [2.24, 2.45) is 0 Å². The minimum atomic E-state index is -0.183. The van der Waals surface area contributed by atoms with E-state index in [0.717, 1.165) is 19.4 Å². The van der Waals surface area contributed by atoms with Gasteiger partial charge in [0.1, 0.15) is 5.69 Å². The zero-order valence-electron chi connectivity index (χ0n) is 13.2. The second kappa shape index (κ2) is 6.50. The van der Waals surface area contributed by atoms with Gasteiger partial charge in [0.15, 0.2) is 5.13 Å². The standard InChI is InChI=1S/C17H19N3O2S/c1-11-6-3-4-7-13(11)15-8-5-9-20(15)16(22)14-10-23-17(19-14)18-12(2)21/h3-4,6-7,10,15H,5,8-9H2,1-2H3,(H,18,19,21)/t15-/m1/s1. The average Bonchev–Trinajstić information content (AvgIpc) is 3.15. The van der Waals surface area contributed by atoms with Gasteiger partial charge in [-0.25, -0.2) is 4.98 Å². The lowest BCUT2D eigenvalue weighted by Gasteiger charge is -2.25. The van der Waals surface area contributed by atoms with Gasteiger partial charge in [0.2, 0.25) is 5.91 Å². The highest BCUT2D eigenvalue weighted by Gasteiger charge is 2.32. The molecule has 1 N–H and O–H groups in total. The molecule has 120 valence electrons. The molecule has 0 aliphatic carbocycles. The van der Waals surface area contributed by atoms with Crippen LogP contribution in [0.1, 0.15) is 47.4 Å². The number of amides is 2. The molecular formula is C17H19N3O2S. The maximum atomic E-state index is 12.8. The van der Waals surface area contributed by atoms with Crippen LogP contribution in [0.4, 0.5) is 5.13 Å². The smallest absolute Gasteiger partial charge is 0.273 e. The number of nitrogens with zero attached hydrogens (tertiary/aromatic N) is 2. The van der Waals surface area contributed by atoms with Crippen LogP contribution < -0.4 is 5.32 Å². The van der Waals surface area contributed by atoms with Gasteiger partial charge in [-0.2, -0.15) is 0 Å². The van der Waals surface area contributed by atoms with Crippen LogP contribution in [0.3, 0.4) is 0 Å². The number of hydrogen-bond donors (Lipinski definition) is 1. The van der Waals surface area contributed by atoms with E-state index in [0.29, 0.717) is 10.8 Å². The molecule has 0 spiro atoms. The maximum Gasteiger partial charge on any atom is 0.273 e. The summed E-state index contributed by atoms with van der Waals surface area (Å²) >= 11 is 1.27. The number of nitrogens with one attached hydrogen (secondary N) is 1. The van der Waals surface area contributed by atoms with Crippen molar-refractivity contribution in [3.63, 3.8) is 0 Å². The van der Waals surface area contributed by atoms with Gasteiger partial charge in [0, 0.05) is 18.8 Å². The Morgan fingerprint density at radius 2 is 2.13 bits per heavy atom. The van der Waals surface area contributed by atoms with Gasteiger partial charge in [-0.05, 0) is 30.9 Å². The van der Waals surface area contributed by atoms with Gasteiger partial charge in [-0.15, -0.1) is 11.3 Å². The lowest BCUT2D eigenvalue weighted by Crippen LogP contribution is -2.31. The lowest BCUT2D eigenvalue weighted by atomic mass is 9.99. The summed E-state index contributed by atoms with van der Waals surface area (Å²) in [6.07, 6.45) is 1.96. The normalized spacial score (nSPS) is 17.3. The van der Waals surface area contributed by atoms with E-state index in [1.165, 1.54) is 29.4 Å². The summed E-state index contributed by atoms with van der Waals surface area (Å²) in [5, 5.41) is 4.79. The molecule has 1 aromatic heterocycles. The van der Waals surface area contributed by atoms with E-state index in [4.69, 9.17) is 0 Å². The Bertz CT molecular complexity index is 741. The minimum Gasteiger partial charge on any atom is -0.330 e. The first-order valence-corrected chi connectivity index (χ1v) is 8.54. The van der Waals surface area contributed by atoms with Crippen molar-refractivity contribution in [3.8, 4) is 0 Å². The van der Waals surface area contributed by atoms with E-state index < -0.39 is 0 Å². The van der Waals surface area contributed by atoms with Gasteiger partial charge in [-0.1, -0.05) is 24.3 Å².